The van der Waals surface area contributed by atoms with Gasteiger partial charge in [-0.3, -0.25) is 4.79 Å². The summed E-state index contributed by atoms with van der Waals surface area (Å²) in [4.78, 5) is 14.7. The van der Waals surface area contributed by atoms with Gasteiger partial charge in [-0.2, -0.15) is 0 Å². The van der Waals surface area contributed by atoms with Crippen LogP contribution in [0.25, 0.3) is 11.0 Å². The highest BCUT2D eigenvalue weighted by atomic mass is 16.5. The first-order chi connectivity index (χ1) is 10.8. The topological polar surface area (TPSA) is 46.3 Å². The van der Waals surface area contributed by atoms with Gasteiger partial charge in [0, 0.05) is 18.5 Å². The minimum atomic E-state index is 0.197. The molecule has 1 aliphatic heterocycles. The summed E-state index contributed by atoms with van der Waals surface area (Å²) in [7, 11) is 0. The van der Waals surface area contributed by atoms with E-state index in [0.717, 1.165) is 41.6 Å². The Kier molecular flexibility index (Phi) is 3.60. The van der Waals surface area contributed by atoms with Crippen LogP contribution in [0.1, 0.15) is 37.8 Å². The number of hydrogen-bond acceptors (Lipinski definition) is 3. The Bertz CT molecular complexity index is 679. The van der Waals surface area contributed by atoms with Crippen LogP contribution in [-0.4, -0.2) is 29.1 Å². The molecule has 2 heterocycles. The zero-order valence-electron chi connectivity index (χ0n) is 12.8. The zero-order chi connectivity index (χ0) is 14.9. The van der Waals surface area contributed by atoms with E-state index < -0.39 is 0 Å². The Morgan fingerprint density at radius 1 is 1.18 bits per heavy atom. The number of benzene rings is 1. The lowest BCUT2D eigenvalue weighted by molar-refractivity contribution is -0.133. The van der Waals surface area contributed by atoms with E-state index in [1.54, 1.807) is 0 Å². The standard InChI is InChI=1S/C18H22N2O2/c21-18(11-16-15-7-3-4-8-17(15)22-19-16)20-10-9-13-5-1-2-6-14(13)12-20/h3-4,7-8,13-14H,1-2,5-6,9-12H2/t13-,14+/m1/s1. The van der Waals surface area contributed by atoms with E-state index in [2.05, 4.69) is 10.1 Å². The van der Waals surface area contributed by atoms with Gasteiger partial charge in [-0.15, -0.1) is 0 Å². The lowest BCUT2D eigenvalue weighted by Crippen LogP contribution is -2.45. The summed E-state index contributed by atoms with van der Waals surface area (Å²) < 4.78 is 5.30. The minimum Gasteiger partial charge on any atom is -0.356 e. The van der Waals surface area contributed by atoms with Crippen LogP contribution in [0.4, 0.5) is 0 Å². The van der Waals surface area contributed by atoms with Gasteiger partial charge in [0.1, 0.15) is 5.69 Å². The molecular formula is C18H22N2O2. The Morgan fingerprint density at radius 3 is 2.91 bits per heavy atom. The van der Waals surface area contributed by atoms with Crippen molar-refractivity contribution in [3.63, 3.8) is 0 Å². The SMILES string of the molecule is O=C(Cc1noc2ccccc12)N1CC[C@H]2CCCC[C@H]2C1. The number of amides is 1. The molecule has 4 nitrogen and oxygen atoms in total. The monoisotopic (exact) mass is 298 g/mol. The van der Waals surface area contributed by atoms with E-state index in [1.807, 2.05) is 24.3 Å². The van der Waals surface area contributed by atoms with Gasteiger partial charge >= 0.3 is 0 Å². The molecule has 0 spiro atoms. The number of rotatable bonds is 2. The van der Waals surface area contributed by atoms with Gasteiger partial charge in [0.15, 0.2) is 5.58 Å². The third-order valence-corrected chi connectivity index (χ3v) is 5.41. The number of nitrogens with zero attached hydrogens (tertiary/aromatic N) is 2. The molecule has 4 heteroatoms. The maximum atomic E-state index is 12.6. The van der Waals surface area contributed by atoms with Gasteiger partial charge in [0.05, 0.1) is 6.42 Å². The molecule has 1 amide bonds. The first-order valence-corrected chi connectivity index (χ1v) is 8.42. The summed E-state index contributed by atoms with van der Waals surface area (Å²) >= 11 is 0. The molecule has 4 rings (SSSR count). The summed E-state index contributed by atoms with van der Waals surface area (Å²) in [6, 6.07) is 7.75. The lowest BCUT2D eigenvalue weighted by atomic mass is 9.75. The molecule has 2 fully saturated rings. The predicted octanol–water partition coefficient (Wildman–Crippen LogP) is 3.41. The van der Waals surface area contributed by atoms with E-state index in [-0.39, 0.29) is 5.91 Å². The van der Waals surface area contributed by atoms with E-state index in [1.165, 1.54) is 32.1 Å². The molecule has 22 heavy (non-hydrogen) atoms. The summed E-state index contributed by atoms with van der Waals surface area (Å²) in [5.74, 6) is 1.77. The van der Waals surface area contributed by atoms with Crippen molar-refractivity contribution in [1.29, 1.82) is 0 Å². The Balaban J connectivity index is 1.46. The second-order valence-electron chi connectivity index (χ2n) is 6.74. The molecule has 0 bridgehead atoms. The highest BCUT2D eigenvalue weighted by Crippen LogP contribution is 2.36. The van der Waals surface area contributed by atoms with Crippen molar-refractivity contribution < 1.29 is 9.32 Å². The number of carbonyl (C=O) groups excluding carboxylic acids is 1. The summed E-state index contributed by atoms with van der Waals surface area (Å²) in [5, 5.41) is 5.05. The molecule has 116 valence electrons. The smallest absolute Gasteiger partial charge is 0.228 e. The molecule has 0 N–H and O–H groups in total. The number of hydrogen-bond donors (Lipinski definition) is 0. The average Bonchev–Trinajstić information content (AvgIpc) is 2.97. The first-order valence-electron chi connectivity index (χ1n) is 8.42. The van der Waals surface area contributed by atoms with Crippen LogP contribution in [0.2, 0.25) is 0 Å². The van der Waals surface area contributed by atoms with Gasteiger partial charge in [0.2, 0.25) is 5.91 Å². The third kappa shape index (κ3) is 2.51. The van der Waals surface area contributed by atoms with Crippen LogP contribution >= 0.6 is 0 Å². The normalized spacial score (nSPS) is 25.2. The highest BCUT2D eigenvalue weighted by molar-refractivity contribution is 5.86. The second-order valence-corrected chi connectivity index (χ2v) is 6.74. The van der Waals surface area contributed by atoms with Gasteiger partial charge in [-0.25, -0.2) is 0 Å². The van der Waals surface area contributed by atoms with Crippen molar-refractivity contribution in [2.24, 2.45) is 11.8 Å². The molecule has 0 radical (unpaired) electrons. The summed E-state index contributed by atoms with van der Waals surface area (Å²) in [5.41, 5.74) is 1.53. The zero-order valence-corrected chi connectivity index (χ0v) is 12.8. The van der Waals surface area contributed by atoms with E-state index in [9.17, 15) is 4.79 Å². The molecule has 2 aliphatic rings. The van der Waals surface area contributed by atoms with Crippen molar-refractivity contribution in [3.05, 3.63) is 30.0 Å². The number of aromatic nitrogens is 1. The maximum absolute atomic E-state index is 12.6. The maximum Gasteiger partial charge on any atom is 0.228 e. The first kappa shape index (κ1) is 13.8. The van der Waals surface area contributed by atoms with Crippen molar-refractivity contribution in [2.75, 3.05) is 13.1 Å². The van der Waals surface area contributed by atoms with Crippen molar-refractivity contribution >= 4 is 16.9 Å². The largest absolute Gasteiger partial charge is 0.356 e. The van der Waals surface area contributed by atoms with E-state index in [0.29, 0.717) is 6.42 Å². The molecule has 0 unspecified atom stereocenters. The van der Waals surface area contributed by atoms with E-state index >= 15 is 0 Å². The number of piperidine rings is 1. The van der Waals surface area contributed by atoms with Crippen molar-refractivity contribution in [3.8, 4) is 0 Å². The number of carbonyl (C=O) groups is 1. The predicted molar refractivity (Wildman–Crippen MR) is 84.4 cm³/mol. The Morgan fingerprint density at radius 2 is 2.00 bits per heavy atom. The number of fused-ring (bicyclic) bond motifs is 2. The molecule has 2 atom stereocenters. The van der Waals surface area contributed by atoms with Crippen LogP contribution in [0.5, 0.6) is 0 Å². The molecule has 1 aliphatic carbocycles. The Hall–Kier alpha value is -1.84. The number of para-hydroxylation sites is 1. The van der Waals surface area contributed by atoms with Gasteiger partial charge in [-0.1, -0.05) is 36.6 Å². The molecular weight excluding hydrogens is 276 g/mol. The second kappa shape index (κ2) is 5.75. The fourth-order valence-electron chi connectivity index (χ4n) is 4.15. The molecule has 1 aromatic heterocycles. The molecule has 1 aromatic carbocycles. The van der Waals surface area contributed by atoms with Gasteiger partial charge < -0.3 is 9.42 Å². The average molecular weight is 298 g/mol. The van der Waals surface area contributed by atoms with Crippen LogP contribution in [0.15, 0.2) is 28.8 Å². The lowest BCUT2D eigenvalue weighted by Gasteiger charge is -2.41. The van der Waals surface area contributed by atoms with Crippen LogP contribution in [0.3, 0.4) is 0 Å². The summed E-state index contributed by atoms with van der Waals surface area (Å²) in [6.07, 6.45) is 6.89. The molecule has 1 saturated heterocycles. The fourth-order valence-corrected chi connectivity index (χ4v) is 4.15. The highest BCUT2D eigenvalue weighted by Gasteiger charge is 2.33. The quantitative estimate of drug-likeness (QED) is 0.853. The van der Waals surface area contributed by atoms with Gasteiger partial charge in [0.25, 0.3) is 0 Å². The van der Waals surface area contributed by atoms with Gasteiger partial charge in [-0.05, 0) is 36.8 Å². The van der Waals surface area contributed by atoms with Crippen LogP contribution < -0.4 is 0 Å². The summed E-state index contributed by atoms with van der Waals surface area (Å²) in [6.45, 7) is 1.86. The van der Waals surface area contributed by atoms with Crippen LogP contribution in [0, 0.1) is 11.8 Å². The van der Waals surface area contributed by atoms with E-state index in [4.69, 9.17) is 4.52 Å². The van der Waals surface area contributed by atoms with Crippen molar-refractivity contribution in [2.45, 2.75) is 38.5 Å². The number of likely N-dealkylation sites (tertiary alicyclic amines) is 1. The Labute approximate surface area is 130 Å². The fraction of sp³-hybridized carbons (Fsp3) is 0.556. The molecule has 2 aromatic rings. The minimum absolute atomic E-state index is 0.197. The van der Waals surface area contributed by atoms with Crippen LogP contribution in [-0.2, 0) is 11.2 Å². The molecule has 1 saturated carbocycles. The third-order valence-electron chi connectivity index (χ3n) is 5.41. The van der Waals surface area contributed by atoms with Crippen molar-refractivity contribution in [1.82, 2.24) is 10.1 Å².